The van der Waals surface area contributed by atoms with E-state index in [0.29, 0.717) is 16.2 Å². The van der Waals surface area contributed by atoms with Gasteiger partial charge in [-0.25, -0.2) is 0 Å². The van der Waals surface area contributed by atoms with E-state index in [4.69, 9.17) is 0 Å². The van der Waals surface area contributed by atoms with Gasteiger partial charge in [0.05, 0.1) is 0 Å². The summed E-state index contributed by atoms with van der Waals surface area (Å²) in [6.45, 7) is 55.0. The number of rotatable bonds is 8. The third-order valence-corrected chi connectivity index (χ3v) is 14.2. The standard InChI is InChI=1S/C12H24.C11H22.C9H20.2C8H16/c1-10(2)12(11(3)4)8-6-5-7-9-12;1-9(2)11(10(3)4)7-5-6-8-11;1-7(2)9(5,6)8(3)4;2*1-6(2)8(5)7(3)4/h10-11H,5-9H2,1-4H3;9-10H,5-8H2,1-4H3;7-8H,1-6H3;2*6H,1-5H3. The van der Waals surface area contributed by atoms with Gasteiger partial charge in [0, 0.05) is 0 Å². The third-order valence-electron chi connectivity index (χ3n) is 14.2. The van der Waals surface area contributed by atoms with Crippen LogP contribution >= 0.6 is 0 Å². The predicted molar refractivity (Wildman–Crippen MR) is 227 cm³/mol. The average Bonchev–Trinajstić information content (AvgIpc) is 3.49. The van der Waals surface area contributed by atoms with Crippen molar-refractivity contribution in [1.29, 1.82) is 0 Å². The Balaban J connectivity index is -0.000000534. The SMILES string of the molecule is CC(C)=C(C)C(C)C.CC(C)=C(C)C(C)C.CC(C)C(C)(C)C(C)C.CC(C)C1(C(C)C)CCCC1.CC(C)C1(C(C)C)CCCCC1. The second-order valence-electron chi connectivity index (χ2n) is 19.7. The van der Waals surface area contributed by atoms with Crippen LogP contribution in [0, 0.1) is 63.6 Å². The van der Waals surface area contributed by atoms with Crippen LogP contribution in [0.4, 0.5) is 0 Å². The molecule has 0 aromatic carbocycles. The molecule has 0 unspecified atom stereocenters. The van der Waals surface area contributed by atoms with Crippen LogP contribution in [0.2, 0.25) is 0 Å². The molecule has 2 fully saturated rings. The van der Waals surface area contributed by atoms with Gasteiger partial charge in [-0.15, -0.1) is 0 Å². The molecule has 0 aromatic rings. The van der Waals surface area contributed by atoms with Crippen LogP contribution in [-0.4, -0.2) is 0 Å². The van der Waals surface area contributed by atoms with Gasteiger partial charge in [0.25, 0.3) is 0 Å². The van der Waals surface area contributed by atoms with Gasteiger partial charge < -0.3 is 0 Å². The largest absolute Gasteiger partial charge is 0.0773 e. The van der Waals surface area contributed by atoms with Crippen molar-refractivity contribution in [2.45, 2.75) is 224 Å². The monoisotopic (exact) mass is 675 g/mol. The Labute approximate surface area is 309 Å². The van der Waals surface area contributed by atoms with Crippen LogP contribution in [-0.2, 0) is 0 Å². The molecule has 2 aliphatic carbocycles. The van der Waals surface area contributed by atoms with Gasteiger partial charge in [0.15, 0.2) is 0 Å². The maximum Gasteiger partial charge on any atom is -0.0251 e. The summed E-state index contributed by atoms with van der Waals surface area (Å²) < 4.78 is 0. The van der Waals surface area contributed by atoms with Crippen molar-refractivity contribution in [3.8, 4) is 0 Å². The molecule has 0 nitrogen and oxygen atoms in total. The first-order valence-corrected chi connectivity index (χ1v) is 21.0. The molecule has 0 saturated heterocycles. The minimum Gasteiger partial charge on any atom is -0.0773 e. The molecule has 0 aliphatic heterocycles. The Morgan fingerprint density at radius 2 is 0.583 bits per heavy atom. The minimum absolute atomic E-state index is 0.500. The first-order chi connectivity index (χ1) is 21.7. The highest BCUT2D eigenvalue weighted by Gasteiger charge is 2.39. The molecular weight excluding hydrogens is 577 g/mol. The van der Waals surface area contributed by atoms with E-state index >= 15 is 0 Å². The maximum atomic E-state index is 2.41. The van der Waals surface area contributed by atoms with Gasteiger partial charge in [0.2, 0.25) is 0 Å². The van der Waals surface area contributed by atoms with Crippen molar-refractivity contribution >= 4 is 0 Å². The first-order valence-electron chi connectivity index (χ1n) is 21.0. The fourth-order valence-corrected chi connectivity index (χ4v) is 7.71. The highest BCUT2D eigenvalue weighted by molar-refractivity contribution is 5.09. The van der Waals surface area contributed by atoms with E-state index in [-0.39, 0.29) is 0 Å². The lowest BCUT2D eigenvalue weighted by Gasteiger charge is -2.44. The van der Waals surface area contributed by atoms with Crippen molar-refractivity contribution in [3.05, 3.63) is 22.3 Å². The fraction of sp³-hybridized carbons (Fsp3) is 0.917. The van der Waals surface area contributed by atoms with Crippen LogP contribution in [0.15, 0.2) is 22.3 Å². The topological polar surface area (TPSA) is 0 Å². The van der Waals surface area contributed by atoms with Crippen LogP contribution < -0.4 is 0 Å². The van der Waals surface area contributed by atoms with Crippen LogP contribution in [0.25, 0.3) is 0 Å². The van der Waals surface area contributed by atoms with Gasteiger partial charge in [0.1, 0.15) is 0 Å². The second-order valence-corrected chi connectivity index (χ2v) is 19.7. The van der Waals surface area contributed by atoms with Crippen LogP contribution in [0.3, 0.4) is 0 Å². The second kappa shape index (κ2) is 24.6. The molecule has 2 rings (SSSR count). The zero-order valence-corrected chi connectivity index (χ0v) is 38.5. The summed E-state index contributed by atoms with van der Waals surface area (Å²) in [5.41, 5.74) is 7.83. The van der Waals surface area contributed by atoms with Crippen molar-refractivity contribution < 1.29 is 0 Å². The smallest absolute Gasteiger partial charge is 0.0251 e. The van der Waals surface area contributed by atoms with E-state index in [2.05, 4.69) is 166 Å². The molecule has 0 spiro atoms. The molecule has 0 heteroatoms. The van der Waals surface area contributed by atoms with E-state index in [9.17, 15) is 0 Å². The number of hydrogen-bond donors (Lipinski definition) is 0. The Morgan fingerprint density at radius 1 is 0.375 bits per heavy atom. The Kier molecular flexibility index (Phi) is 26.6. The average molecular weight is 675 g/mol. The van der Waals surface area contributed by atoms with E-state index in [0.717, 1.165) is 47.3 Å². The van der Waals surface area contributed by atoms with Crippen molar-refractivity contribution in [2.75, 3.05) is 0 Å². The summed E-state index contributed by atoms with van der Waals surface area (Å²) in [4.78, 5) is 0. The molecule has 0 N–H and O–H groups in total. The molecule has 0 atom stereocenters. The van der Waals surface area contributed by atoms with Crippen molar-refractivity contribution in [3.63, 3.8) is 0 Å². The number of hydrogen-bond acceptors (Lipinski definition) is 0. The molecule has 0 aromatic heterocycles. The molecule has 48 heavy (non-hydrogen) atoms. The molecule has 0 amide bonds. The summed E-state index contributed by atoms with van der Waals surface area (Å²) in [5.74, 6) is 6.53. The van der Waals surface area contributed by atoms with Crippen molar-refractivity contribution in [1.82, 2.24) is 0 Å². The lowest BCUT2D eigenvalue weighted by atomic mass is 9.61. The Morgan fingerprint density at radius 3 is 0.667 bits per heavy atom. The Bertz CT molecular complexity index is 786. The minimum atomic E-state index is 0.500. The molecule has 0 radical (unpaired) electrons. The molecule has 0 heterocycles. The Hall–Kier alpha value is -0.520. The summed E-state index contributed by atoms with van der Waals surface area (Å²) in [6, 6.07) is 0. The summed E-state index contributed by atoms with van der Waals surface area (Å²) >= 11 is 0. The first kappa shape index (κ1) is 51.8. The molecule has 2 aliphatic rings. The third kappa shape index (κ3) is 18.1. The molecule has 2 saturated carbocycles. The quantitative estimate of drug-likeness (QED) is 0.225. The highest BCUT2D eigenvalue weighted by atomic mass is 14.4. The van der Waals surface area contributed by atoms with Gasteiger partial charge in [-0.2, -0.15) is 0 Å². The van der Waals surface area contributed by atoms with Gasteiger partial charge >= 0.3 is 0 Å². The molecular formula is C48H98. The zero-order chi connectivity index (χ0) is 38.8. The van der Waals surface area contributed by atoms with E-state index in [1.54, 1.807) is 0 Å². The predicted octanol–water partition coefficient (Wildman–Crippen LogP) is 17.4. The summed E-state index contributed by atoms with van der Waals surface area (Å²) in [7, 11) is 0. The van der Waals surface area contributed by atoms with Gasteiger partial charge in [-0.1, -0.05) is 179 Å². The van der Waals surface area contributed by atoms with Crippen LogP contribution in [0.5, 0.6) is 0 Å². The number of allylic oxidation sites excluding steroid dienone is 4. The van der Waals surface area contributed by atoms with E-state index < -0.39 is 0 Å². The normalized spacial score (nSPS) is 17.0. The van der Waals surface area contributed by atoms with Gasteiger partial charge in [-0.3, -0.25) is 0 Å². The van der Waals surface area contributed by atoms with Crippen molar-refractivity contribution in [2.24, 2.45) is 63.6 Å². The maximum absolute atomic E-state index is 2.41. The fourth-order valence-electron chi connectivity index (χ4n) is 7.71. The van der Waals surface area contributed by atoms with Crippen LogP contribution in [0.1, 0.15) is 224 Å². The summed E-state index contributed by atoms with van der Waals surface area (Å²) in [6.07, 6.45) is 13.2. The molecule has 290 valence electrons. The lowest BCUT2D eigenvalue weighted by Crippen LogP contribution is -2.35. The summed E-state index contributed by atoms with van der Waals surface area (Å²) in [5, 5.41) is 0. The zero-order valence-electron chi connectivity index (χ0n) is 38.5. The highest BCUT2D eigenvalue weighted by Crippen LogP contribution is 2.50. The molecule has 0 bridgehead atoms. The van der Waals surface area contributed by atoms with E-state index in [1.165, 1.54) is 80.1 Å². The van der Waals surface area contributed by atoms with Gasteiger partial charge in [-0.05, 0) is 131 Å². The lowest BCUT2D eigenvalue weighted by molar-refractivity contribution is 0.0587. The van der Waals surface area contributed by atoms with E-state index in [1.807, 2.05) is 0 Å².